The maximum Gasteiger partial charge on any atom is 0.302 e. The van der Waals surface area contributed by atoms with Crippen molar-refractivity contribution in [3.8, 4) is 0 Å². The Balaban J connectivity index is 1.55. The van der Waals surface area contributed by atoms with E-state index in [9.17, 15) is 14.7 Å². The Kier molecular flexibility index (Phi) is 6.40. The zero-order valence-electron chi connectivity index (χ0n) is 17.7. The van der Waals surface area contributed by atoms with Gasteiger partial charge in [0, 0.05) is 31.6 Å². The molecule has 3 rings (SSSR count). The molecule has 6 heteroatoms. The van der Waals surface area contributed by atoms with Crippen molar-refractivity contribution in [1.29, 1.82) is 0 Å². The standard InChI is InChI=1S/C22H36O6/c1-14(26-15(2)23)6-5-7-17-8-9-19-18-10-11-20(27-16(3)24)21(18,4)12-13-22(19,25)28-17/h14,17-20,25H,5-13H2,1-4H3/t14?,17?,18-,19?,20-,21-,22?/m1/s1. The lowest BCUT2D eigenvalue weighted by Crippen LogP contribution is -2.57. The number of fused-ring (bicyclic) bond motifs is 3. The summed E-state index contributed by atoms with van der Waals surface area (Å²) in [7, 11) is 0. The second kappa shape index (κ2) is 8.31. The summed E-state index contributed by atoms with van der Waals surface area (Å²) in [6.07, 6.45) is 7.71. The van der Waals surface area contributed by atoms with Crippen molar-refractivity contribution < 1.29 is 28.9 Å². The third-order valence-corrected chi connectivity index (χ3v) is 7.39. The Labute approximate surface area is 168 Å². The van der Waals surface area contributed by atoms with Crippen LogP contribution in [0.3, 0.4) is 0 Å². The van der Waals surface area contributed by atoms with Crippen molar-refractivity contribution in [3.63, 3.8) is 0 Å². The minimum absolute atomic E-state index is 0.0416. The Morgan fingerprint density at radius 1 is 1.11 bits per heavy atom. The van der Waals surface area contributed by atoms with Crippen LogP contribution in [0.25, 0.3) is 0 Å². The molecular weight excluding hydrogens is 360 g/mol. The van der Waals surface area contributed by atoms with Gasteiger partial charge in [-0.05, 0) is 64.2 Å². The first kappa shape index (κ1) is 21.6. The van der Waals surface area contributed by atoms with Gasteiger partial charge in [-0.1, -0.05) is 6.92 Å². The fourth-order valence-corrected chi connectivity index (χ4v) is 6.04. The monoisotopic (exact) mass is 396 g/mol. The summed E-state index contributed by atoms with van der Waals surface area (Å²) in [5, 5.41) is 11.3. The van der Waals surface area contributed by atoms with Crippen LogP contribution in [0.4, 0.5) is 0 Å². The molecule has 4 unspecified atom stereocenters. The number of carbonyl (C=O) groups excluding carboxylic acids is 2. The fourth-order valence-electron chi connectivity index (χ4n) is 6.04. The van der Waals surface area contributed by atoms with Crippen LogP contribution in [0.1, 0.15) is 85.5 Å². The van der Waals surface area contributed by atoms with Gasteiger partial charge in [-0.15, -0.1) is 0 Å². The van der Waals surface area contributed by atoms with E-state index < -0.39 is 5.79 Å². The third-order valence-electron chi connectivity index (χ3n) is 7.39. The van der Waals surface area contributed by atoms with Gasteiger partial charge in [0.2, 0.25) is 0 Å². The number of aliphatic hydroxyl groups is 1. The van der Waals surface area contributed by atoms with Gasteiger partial charge in [-0.3, -0.25) is 9.59 Å². The molecule has 2 aliphatic carbocycles. The molecule has 3 aliphatic rings. The number of hydrogen-bond donors (Lipinski definition) is 1. The summed E-state index contributed by atoms with van der Waals surface area (Å²) in [6.45, 7) is 7.05. The minimum atomic E-state index is -1.06. The number of esters is 2. The molecule has 1 saturated heterocycles. The molecule has 7 atom stereocenters. The van der Waals surface area contributed by atoms with Gasteiger partial charge in [-0.2, -0.15) is 0 Å². The van der Waals surface area contributed by atoms with Crippen LogP contribution in [0.5, 0.6) is 0 Å². The molecule has 28 heavy (non-hydrogen) atoms. The second-order valence-electron chi connectivity index (χ2n) is 9.41. The van der Waals surface area contributed by atoms with Crippen molar-refractivity contribution in [2.75, 3.05) is 0 Å². The molecule has 1 N–H and O–H groups in total. The number of carbonyl (C=O) groups is 2. The van der Waals surface area contributed by atoms with Gasteiger partial charge in [0.05, 0.1) is 12.2 Å². The molecule has 160 valence electrons. The lowest BCUT2D eigenvalue weighted by atomic mass is 9.59. The summed E-state index contributed by atoms with van der Waals surface area (Å²) in [5.74, 6) is -1.06. The summed E-state index contributed by atoms with van der Waals surface area (Å²) in [4.78, 5) is 22.5. The minimum Gasteiger partial charge on any atom is -0.463 e. The SMILES string of the molecule is CC(=O)OC(C)CCCC1CCC2[C@H]3CC[C@@H](OC(C)=O)[C@]3(C)CCC2(O)O1. The molecule has 0 radical (unpaired) electrons. The molecule has 0 spiro atoms. The van der Waals surface area contributed by atoms with Gasteiger partial charge in [0.25, 0.3) is 0 Å². The summed E-state index contributed by atoms with van der Waals surface area (Å²) < 4.78 is 17.0. The summed E-state index contributed by atoms with van der Waals surface area (Å²) >= 11 is 0. The Morgan fingerprint density at radius 2 is 1.82 bits per heavy atom. The van der Waals surface area contributed by atoms with Crippen LogP contribution in [0.2, 0.25) is 0 Å². The van der Waals surface area contributed by atoms with Gasteiger partial charge >= 0.3 is 11.9 Å². The largest absolute Gasteiger partial charge is 0.463 e. The molecular formula is C22H36O6. The highest BCUT2D eigenvalue weighted by atomic mass is 16.6. The van der Waals surface area contributed by atoms with Crippen LogP contribution in [-0.4, -0.2) is 41.1 Å². The molecule has 0 bridgehead atoms. The van der Waals surface area contributed by atoms with Crippen molar-refractivity contribution in [1.82, 2.24) is 0 Å². The smallest absolute Gasteiger partial charge is 0.302 e. The van der Waals surface area contributed by atoms with Gasteiger partial charge in [0.1, 0.15) is 6.10 Å². The first-order valence-corrected chi connectivity index (χ1v) is 10.9. The lowest BCUT2D eigenvalue weighted by Gasteiger charge is -2.55. The van der Waals surface area contributed by atoms with Crippen LogP contribution in [0, 0.1) is 17.3 Å². The van der Waals surface area contributed by atoms with Crippen LogP contribution >= 0.6 is 0 Å². The first-order valence-electron chi connectivity index (χ1n) is 10.9. The molecule has 0 amide bonds. The van der Waals surface area contributed by atoms with Gasteiger partial charge in [0.15, 0.2) is 5.79 Å². The highest BCUT2D eigenvalue weighted by molar-refractivity contribution is 5.66. The zero-order valence-corrected chi connectivity index (χ0v) is 17.7. The molecule has 0 aromatic heterocycles. The van der Waals surface area contributed by atoms with Crippen molar-refractivity contribution in [2.24, 2.45) is 17.3 Å². The van der Waals surface area contributed by atoms with E-state index in [1.165, 1.54) is 13.8 Å². The molecule has 1 aliphatic heterocycles. The first-order chi connectivity index (χ1) is 13.1. The average Bonchev–Trinajstić information content (AvgIpc) is 2.90. The molecule has 0 aromatic carbocycles. The van der Waals surface area contributed by atoms with Crippen LogP contribution < -0.4 is 0 Å². The van der Waals surface area contributed by atoms with E-state index >= 15 is 0 Å². The van der Waals surface area contributed by atoms with E-state index in [0.717, 1.165) is 51.4 Å². The zero-order chi connectivity index (χ0) is 20.5. The average molecular weight is 397 g/mol. The van der Waals surface area contributed by atoms with Crippen molar-refractivity contribution >= 4 is 11.9 Å². The normalized spacial score (nSPS) is 40.9. The van der Waals surface area contributed by atoms with E-state index in [0.29, 0.717) is 12.3 Å². The summed E-state index contributed by atoms with van der Waals surface area (Å²) in [6, 6.07) is 0. The lowest BCUT2D eigenvalue weighted by molar-refractivity contribution is -0.320. The highest BCUT2D eigenvalue weighted by Crippen LogP contribution is 2.60. The van der Waals surface area contributed by atoms with Crippen LogP contribution in [0.15, 0.2) is 0 Å². The van der Waals surface area contributed by atoms with Crippen LogP contribution in [-0.2, 0) is 23.8 Å². The van der Waals surface area contributed by atoms with Gasteiger partial charge < -0.3 is 19.3 Å². The Hall–Kier alpha value is -1.14. The van der Waals surface area contributed by atoms with E-state index in [4.69, 9.17) is 14.2 Å². The molecule has 0 aromatic rings. The predicted molar refractivity (Wildman–Crippen MR) is 103 cm³/mol. The third kappa shape index (κ3) is 4.38. The number of ether oxygens (including phenoxy) is 3. The Bertz CT molecular complexity index is 592. The Morgan fingerprint density at radius 3 is 2.50 bits per heavy atom. The fraction of sp³-hybridized carbons (Fsp3) is 0.909. The number of hydrogen-bond acceptors (Lipinski definition) is 6. The van der Waals surface area contributed by atoms with Gasteiger partial charge in [-0.25, -0.2) is 0 Å². The maximum absolute atomic E-state index is 11.5. The van der Waals surface area contributed by atoms with E-state index in [1.54, 1.807) is 0 Å². The molecule has 1 heterocycles. The predicted octanol–water partition coefficient (Wildman–Crippen LogP) is 3.73. The van der Waals surface area contributed by atoms with Crippen molar-refractivity contribution in [3.05, 3.63) is 0 Å². The molecule has 2 saturated carbocycles. The summed E-state index contributed by atoms with van der Waals surface area (Å²) in [5.41, 5.74) is -0.0573. The maximum atomic E-state index is 11.5. The van der Waals surface area contributed by atoms with E-state index in [2.05, 4.69) is 6.92 Å². The highest BCUT2D eigenvalue weighted by Gasteiger charge is 2.61. The topological polar surface area (TPSA) is 82.1 Å². The van der Waals surface area contributed by atoms with Crippen molar-refractivity contribution in [2.45, 2.75) is 110 Å². The van der Waals surface area contributed by atoms with E-state index in [-0.39, 0.29) is 41.6 Å². The molecule has 3 fully saturated rings. The quantitative estimate of drug-likeness (QED) is 0.689. The van der Waals surface area contributed by atoms with E-state index in [1.807, 2.05) is 6.92 Å². The molecule has 6 nitrogen and oxygen atoms in total. The second-order valence-corrected chi connectivity index (χ2v) is 9.41. The number of rotatable bonds is 6.